The van der Waals surface area contributed by atoms with Crippen molar-refractivity contribution in [1.29, 1.82) is 0 Å². The third-order valence-corrected chi connectivity index (χ3v) is 9.09. The summed E-state index contributed by atoms with van der Waals surface area (Å²) >= 11 is 12.9. The minimum Gasteiger partial charge on any atom is -0.381 e. The number of anilines is 2. The van der Waals surface area contributed by atoms with E-state index in [1.54, 1.807) is 19.1 Å². The number of carbonyl (C=O) groups excluding carboxylic acids is 1. The maximum atomic E-state index is 13.0. The molecule has 196 valence electrons. The number of hydrogen-bond acceptors (Lipinski definition) is 7. The molecule has 36 heavy (non-hydrogen) atoms. The molecule has 2 saturated heterocycles. The van der Waals surface area contributed by atoms with Crippen LogP contribution in [0.25, 0.3) is 11.3 Å². The predicted molar refractivity (Wildman–Crippen MR) is 142 cm³/mol. The van der Waals surface area contributed by atoms with Gasteiger partial charge in [0.15, 0.2) is 0 Å². The molecule has 0 aromatic carbocycles. The molecule has 0 unspecified atom stereocenters. The highest BCUT2D eigenvalue weighted by Gasteiger charge is 2.31. The Kier molecular flexibility index (Phi) is 9.05. The molecule has 2 aromatic rings. The molecule has 12 heteroatoms. The lowest BCUT2D eigenvalue weighted by Crippen LogP contribution is -2.44. The van der Waals surface area contributed by atoms with Crippen molar-refractivity contribution < 1.29 is 17.9 Å². The highest BCUT2D eigenvalue weighted by Crippen LogP contribution is 2.34. The number of aromatic nitrogens is 2. The van der Waals surface area contributed by atoms with Crippen molar-refractivity contribution in [2.24, 2.45) is 11.8 Å². The molecule has 4 rings (SSSR count). The first-order valence-electron chi connectivity index (χ1n) is 12.2. The lowest BCUT2D eigenvalue weighted by Gasteiger charge is -2.30. The molecule has 2 aromatic heterocycles. The van der Waals surface area contributed by atoms with E-state index < -0.39 is 15.9 Å². The van der Waals surface area contributed by atoms with Crippen LogP contribution in [-0.4, -0.2) is 67.2 Å². The fourth-order valence-corrected chi connectivity index (χ4v) is 6.02. The Balaban J connectivity index is 1.48. The number of rotatable bonds is 8. The molecular weight excluding hydrogens is 525 g/mol. The molecule has 0 spiro atoms. The Morgan fingerprint density at radius 1 is 1.17 bits per heavy atom. The maximum Gasteiger partial charge on any atom is 0.229 e. The third kappa shape index (κ3) is 6.66. The van der Waals surface area contributed by atoms with Crippen LogP contribution in [0.1, 0.15) is 32.6 Å². The quantitative estimate of drug-likeness (QED) is 0.499. The van der Waals surface area contributed by atoms with Gasteiger partial charge in [-0.2, -0.15) is 0 Å². The summed E-state index contributed by atoms with van der Waals surface area (Å²) in [7, 11) is -3.34. The van der Waals surface area contributed by atoms with Crippen LogP contribution in [0.3, 0.4) is 0 Å². The van der Waals surface area contributed by atoms with Crippen molar-refractivity contribution in [3.05, 3.63) is 34.4 Å². The van der Waals surface area contributed by atoms with Gasteiger partial charge < -0.3 is 15.4 Å². The topological polar surface area (TPSA) is 114 Å². The molecule has 0 bridgehead atoms. The molecule has 1 atom stereocenters. The normalized spacial score (nSPS) is 19.7. The number of piperidine rings is 1. The van der Waals surface area contributed by atoms with Crippen molar-refractivity contribution in [3.63, 3.8) is 0 Å². The van der Waals surface area contributed by atoms with Crippen molar-refractivity contribution >= 4 is 50.8 Å². The summed E-state index contributed by atoms with van der Waals surface area (Å²) in [6.45, 7) is 4.55. The molecule has 2 fully saturated rings. The number of ether oxygens (including phenoxy) is 1. The highest BCUT2D eigenvalue weighted by molar-refractivity contribution is 7.89. The minimum atomic E-state index is -3.34. The van der Waals surface area contributed by atoms with Gasteiger partial charge in [-0.1, -0.05) is 23.2 Å². The molecule has 2 N–H and O–H groups in total. The summed E-state index contributed by atoms with van der Waals surface area (Å²) in [5.41, 5.74) is 1.02. The van der Waals surface area contributed by atoms with E-state index in [0.29, 0.717) is 58.2 Å². The maximum absolute atomic E-state index is 13.0. The molecular formula is C24H31Cl2N5O4S. The van der Waals surface area contributed by atoms with Crippen molar-refractivity contribution in [1.82, 2.24) is 14.3 Å². The van der Waals surface area contributed by atoms with E-state index in [0.717, 1.165) is 32.6 Å². The largest absolute Gasteiger partial charge is 0.381 e. The predicted octanol–water partition coefficient (Wildman–Crippen LogP) is 4.29. The van der Waals surface area contributed by atoms with E-state index in [1.165, 1.54) is 10.5 Å². The Bertz CT molecular complexity index is 1190. The van der Waals surface area contributed by atoms with Crippen LogP contribution >= 0.6 is 23.2 Å². The number of nitrogens with one attached hydrogen (secondary N) is 2. The summed E-state index contributed by atoms with van der Waals surface area (Å²) in [4.78, 5) is 21.9. The second-order valence-corrected chi connectivity index (χ2v) is 12.2. The summed E-state index contributed by atoms with van der Waals surface area (Å²) in [6, 6.07) is 5.22. The molecule has 9 nitrogen and oxygen atoms in total. The molecule has 4 heterocycles. The fraction of sp³-hybridized carbons (Fsp3) is 0.542. The summed E-state index contributed by atoms with van der Waals surface area (Å²) in [6.07, 6.45) is 4.70. The van der Waals surface area contributed by atoms with E-state index in [2.05, 4.69) is 20.6 Å². The molecule has 2 aliphatic rings. The van der Waals surface area contributed by atoms with Crippen LogP contribution in [0, 0.1) is 11.8 Å². The van der Waals surface area contributed by atoms with Gasteiger partial charge in [0, 0.05) is 44.6 Å². The second kappa shape index (κ2) is 12.0. The molecule has 2 aliphatic heterocycles. The second-order valence-electron chi connectivity index (χ2n) is 9.10. The number of sulfonamides is 1. The summed E-state index contributed by atoms with van der Waals surface area (Å²) in [5, 5.41) is 6.96. The summed E-state index contributed by atoms with van der Waals surface area (Å²) in [5.74, 6) is 0.777. The third-order valence-electron chi connectivity index (χ3n) is 6.63. The average Bonchev–Trinajstić information content (AvgIpc) is 2.90. The molecule has 0 aliphatic carbocycles. The van der Waals surface area contributed by atoms with Crippen LogP contribution in [0.15, 0.2) is 24.4 Å². The first-order chi connectivity index (χ1) is 17.3. The SMILES string of the molecule is CCS(=O)(=O)N1CCC[C@H](C(=O)Nc2cc(-c3nc(NCC4CCOCC4)ccc3Cl)c(Cl)cn2)C1. The number of halogens is 2. The lowest BCUT2D eigenvalue weighted by atomic mass is 9.99. The Morgan fingerprint density at radius 2 is 1.94 bits per heavy atom. The van der Waals surface area contributed by atoms with E-state index >= 15 is 0 Å². The first-order valence-corrected chi connectivity index (χ1v) is 14.6. The van der Waals surface area contributed by atoms with E-state index in [9.17, 15) is 13.2 Å². The van der Waals surface area contributed by atoms with Gasteiger partial charge in [0.1, 0.15) is 11.6 Å². The standard InChI is InChI=1S/C24H31Cl2N5O4S/c1-2-36(33,34)31-9-3-4-17(15-31)24(32)30-22-12-18(20(26)14-28-22)23-19(25)5-6-21(29-23)27-13-16-7-10-35-11-8-16/h5-6,12,14,16-17H,2-4,7-11,13,15H2,1H3,(H,27,29)(H,28,30,32)/t17-/m0/s1. The molecule has 0 saturated carbocycles. The lowest BCUT2D eigenvalue weighted by molar-refractivity contribution is -0.120. The van der Waals surface area contributed by atoms with E-state index in [4.69, 9.17) is 27.9 Å². The Labute approximate surface area is 222 Å². The number of hydrogen-bond donors (Lipinski definition) is 2. The van der Waals surface area contributed by atoms with Gasteiger partial charge in [-0.3, -0.25) is 4.79 Å². The number of amides is 1. The van der Waals surface area contributed by atoms with Crippen LogP contribution in [0.2, 0.25) is 10.0 Å². The zero-order valence-corrected chi connectivity index (χ0v) is 22.5. The smallest absolute Gasteiger partial charge is 0.229 e. The van der Waals surface area contributed by atoms with Gasteiger partial charge in [-0.15, -0.1) is 0 Å². The molecule has 1 amide bonds. The highest BCUT2D eigenvalue weighted by atomic mass is 35.5. The Hall–Kier alpha value is -1.98. The summed E-state index contributed by atoms with van der Waals surface area (Å²) < 4.78 is 31.3. The van der Waals surface area contributed by atoms with Gasteiger partial charge >= 0.3 is 0 Å². The van der Waals surface area contributed by atoms with Crippen LogP contribution in [0.5, 0.6) is 0 Å². The van der Waals surface area contributed by atoms with Crippen molar-refractivity contribution in [3.8, 4) is 11.3 Å². The van der Waals surface area contributed by atoms with Crippen LogP contribution in [0.4, 0.5) is 11.6 Å². The van der Waals surface area contributed by atoms with Crippen molar-refractivity contribution in [2.75, 3.05) is 49.2 Å². The fourth-order valence-electron chi connectivity index (χ4n) is 4.44. The van der Waals surface area contributed by atoms with Crippen LogP contribution < -0.4 is 10.6 Å². The van der Waals surface area contributed by atoms with Crippen molar-refractivity contribution in [2.45, 2.75) is 32.6 Å². The van der Waals surface area contributed by atoms with E-state index in [1.807, 2.05) is 6.07 Å². The monoisotopic (exact) mass is 555 g/mol. The number of nitrogens with zero attached hydrogens (tertiary/aromatic N) is 3. The van der Waals surface area contributed by atoms with Gasteiger partial charge in [-0.05, 0) is 56.7 Å². The average molecular weight is 557 g/mol. The number of carbonyl (C=O) groups is 1. The Morgan fingerprint density at radius 3 is 2.69 bits per heavy atom. The van der Waals surface area contributed by atoms with Gasteiger partial charge in [0.2, 0.25) is 15.9 Å². The van der Waals surface area contributed by atoms with Gasteiger partial charge in [0.25, 0.3) is 0 Å². The number of pyridine rings is 2. The van der Waals surface area contributed by atoms with Gasteiger partial charge in [-0.25, -0.2) is 22.7 Å². The zero-order chi connectivity index (χ0) is 25.7. The molecule has 0 radical (unpaired) electrons. The van der Waals surface area contributed by atoms with E-state index in [-0.39, 0.29) is 18.2 Å². The minimum absolute atomic E-state index is 0.0141. The first kappa shape index (κ1) is 27.1. The van der Waals surface area contributed by atoms with Gasteiger partial charge in [0.05, 0.1) is 27.4 Å². The van der Waals surface area contributed by atoms with Crippen LogP contribution in [-0.2, 0) is 19.6 Å². The zero-order valence-electron chi connectivity index (χ0n) is 20.2.